The Bertz CT molecular complexity index is 691. The van der Waals surface area contributed by atoms with Crippen molar-refractivity contribution in [2.24, 2.45) is 4.99 Å². The number of aromatic nitrogens is 2. The Balaban J connectivity index is 1.49. The molecule has 0 N–H and O–H groups in total. The zero-order valence-electron chi connectivity index (χ0n) is 11.3. The van der Waals surface area contributed by atoms with E-state index in [1.54, 1.807) is 0 Å². The van der Waals surface area contributed by atoms with Crippen LogP contribution in [-0.2, 0) is 11.2 Å². The second-order valence-electron chi connectivity index (χ2n) is 5.39. The average Bonchev–Trinajstić information content (AvgIpc) is 3.15. The molecule has 4 rings (SSSR count). The van der Waals surface area contributed by atoms with Crippen LogP contribution >= 0.6 is 0 Å². The summed E-state index contributed by atoms with van der Waals surface area (Å²) in [5.74, 6) is 1.18. The Labute approximate surface area is 121 Å². The molecule has 106 valence electrons. The Hall–Kier alpha value is -2.50. The molecule has 1 atom stereocenters. The summed E-state index contributed by atoms with van der Waals surface area (Å²) in [6.07, 6.45) is 4.25. The van der Waals surface area contributed by atoms with Gasteiger partial charge in [-0.05, 0) is 23.6 Å². The fraction of sp³-hybridized carbons (Fsp3) is 0.333. The van der Waals surface area contributed by atoms with E-state index in [0.29, 0.717) is 24.2 Å². The number of aliphatic imine (C=N–C) groups is 1. The third-order valence-corrected chi connectivity index (χ3v) is 3.73. The van der Waals surface area contributed by atoms with E-state index in [1.807, 2.05) is 30.3 Å². The van der Waals surface area contributed by atoms with Crippen molar-refractivity contribution in [3.8, 4) is 0 Å². The highest BCUT2D eigenvalue weighted by Crippen LogP contribution is 2.39. The molecule has 1 aliphatic heterocycles. The normalized spacial score (nSPS) is 21.2. The summed E-state index contributed by atoms with van der Waals surface area (Å²) in [5, 5.41) is 3.88. The van der Waals surface area contributed by atoms with Crippen molar-refractivity contribution in [3.05, 3.63) is 41.8 Å². The quantitative estimate of drug-likeness (QED) is 0.859. The molecule has 2 heterocycles. The molecule has 1 aromatic heterocycles. The maximum absolute atomic E-state index is 12.4. The third kappa shape index (κ3) is 2.33. The fourth-order valence-electron chi connectivity index (χ4n) is 2.38. The second-order valence-corrected chi connectivity index (χ2v) is 5.39. The van der Waals surface area contributed by atoms with Gasteiger partial charge >= 0.3 is 0 Å². The van der Waals surface area contributed by atoms with E-state index in [2.05, 4.69) is 15.1 Å². The van der Waals surface area contributed by atoms with E-state index in [1.165, 1.54) is 11.2 Å². The maximum Gasteiger partial charge on any atom is 0.278 e. The second kappa shape index (κ2) is 4.80. The topological polar surface area (TPSA) is 71.6 Å². The van der Waals surface area contributed by atoms with Crippen molar-refractivity contribution in [1.29, 1.82) is 0 Å². The van der Waals surface area contributed by atoms with Crippen molar-refractivity contribution in [2.75, 3.05) is 4.90 Å². The van der Waals surface area contributed by atoms with E-state index >= 15 is 0 Å². The minimum atomic E-state index is -0.407. The van der Waals surface area contributed by atoms with Gasteiger partial charge in [0.25, 0.3) is 11.9 Å². The van der Waals surface area contributed by atoms with Crippen LogP contribution in [0.4, 0.5) is 5.95 Å². The van der Waals surface area contributed by atoms with Gasteiger partial charge in [0.2, 0.25) is 5.89 Å². The zero-order valence-corrected chi connectivity index (χ0v) is 11.3. The Morgan fingerprint density at radius 1 is 1.24 bits per heavy atom. The van der Waals surface area contributed by atoms with Gasteiger partial charge in [-0.1, -0.05) is 30.3 Å². The van der Waals surface area contributed by atoms with Gasteiger partial charge in [0.1, 0.15) is 12.4 Å². The van der Waals surface area contributed by atoms with Gasteiger partial charge in [0.15, 0.2) is 0 Å². The summed E-state index contributed by atoms with van der Waals surface area (Å²) in [4.78, 5) is 22.3. The summed E-state index contributed by atoms with van der Waals surface area (Å²) in [7, 11) is 0. The first kappa shape index (κ1) is 12.3. The van der Waals surface area contributed by atoms with Gasteiger partial charge in [-0.25, -0.2) is 4.90 Å². The van der Waals surface area contributed by atoms with Gasteiger partial charge in [0, 0.05) is 12.3 Å². The first-order valence-electron chi connectivity index (χ1n) is 7.05. The van der Waals surface area contributed by atoms with Crippen molar-refractivity contribution >= 4 is 18.2 Å². The maximum atomic E-state index is 12.4. The van der Waals surface area contributed by atoms with Crippen molar-refractivity contribution < 1.29 is 9.32 Å². The summed E-state index contributed by atoms with van der Waals surface area (Å²) in [6, 6.07) is 9.44. The van der Waals surface area contributed by atoms with Gasteiger partial charge in [0.05, 0.1) is 0 Å². The minimum absolute atomic E-state index is 0.109. The number of nitrogens with zero attached hydrogens (tertiary/aromatic N) is 4. The lowest BCUT2D eigenvalue weighted by Gasteiger charge is -2.09. The molecule has 1 aromatic carbocycles. The lowest BCUT2D eigenvalue weighted by molar-refractivity contribution is -0.118. The summed E-state index contributed by atoms with van der Waals surface area (Å²) in [5.41, 5.74) is 1.08. The van der Waals surface area contributed by atoms with Crippen LogP contribution < -0.4 is 4.90 Å². The molecule has 2 aromatic rings. The first-order valence-corrected chi connectivity index (χ1v) is 7.05. The molecule has 1 aliphatic carbocycles. The van der Waals surface area contributed by atoms with Crippen molar-refractivity contribution in [2.45, 2.75) is 31.2 Å². The average molecular weight is 282 g/mol. The molecule has 1 fully saturated rings. The molecule has 0 spiro atoms. The molecular formula is C15H14N4O2. The highest BCUT2D eigenvalue weighted by molar-refractivity contribution is 6.13. The van der Waals surface area contributed by atoms with Crippen molar-refractivity contribution in [3.63, 3.8) is 0 Å². The zero-order chi connectivity index (χ0) is 14.2. The number of carbonyl (C=O) groups excluding carboxylic acids is 1. The molecular weight excluding hydrogens is 268 g/mol. The van der Waals surface area contributed by atoms with Gasteiger partial charge in [-0.15, -0.1) is 0 Å². The van der Waals surface area contributed by atoms with Crippen molar-refractivity contribution in [1.82, 2.24) is 10.1 Å². The summed E-state index contributed by atoms with van der Waals surface area (Å²) >= 11 is 0. The standard InChI is InChI=1S/C15H14N4O2/c20-14-12(8-10-4-2-1-3-5-10)16-9-19(14)15-17-13(21-18-15)11-6-7-11/h1-5,9,11-12H,6-8H2. The third-order valence-electron chi connectivity index (χ3n) is 3.73. The predicted molar refractivity (Wildman–Crippen MR) is 76.2 cm³/mol. The molecule has 2 aliphatic rings. The van der Waals surface area contributed by atoms with Crippen LogP contribution in [0.15, 0.2) is 39.8 Å². The van der Waals surface area contributed by atoms with E-state index in [9.17, 15) is 4.79 Å². The highest BCUT2D eigenvalue weighted by atomic mass is 16.5. The number of benzene rings is 1. The molecule has 0 saturated heterocycles. The molecule has 6 nitrogen and oxygen atoms in total. The van der Waals surface area contributed by atoms with Crippen LogP contribution in [0.2, 0.25) is 0 Å². The lowest BCUT2D eigenvalue weighted by Crippen LogP contribution is -2.32. The Morgan fingerprint density at radius 2 is 2.05 bits per heavy atom. The van der Waals surface area contributed by atoms with E-state index in [0.717, 1.165) is 18.4 Å². The van der Waals surface area contributed by atoms with Crippen LogP contribution in [0.5, 0.6) is 0 Å². The van der Waals surface area contributed by atoms with Crippen LogP contribution in [0, 0.1) is 0 Å². The number of anilines is 1. The van der Waals surface area contributed by atoms with Gasteiger partial charge in [-0.3, -0.25) is 9.79 Å². The molecule has 6 heteroatoms. The van der Waals surface area contributed by atoms with Crippen LogP contribution in [-0.4, -0.2) is 28.4 Å². The highest BCUT2D eigenvalue weighted by Gasteiger charge is 2.35. The Kier molecular flexibility index (Phi) is 2.80. The monoisotopic (exact) mass is 282 g/mol. The molecule has 1 unspecified atom stereocenters. The SMILES string of the molecule is O=C1C(Cc2ccccc2)N=CN1c1noc(C2CC2)n1. The van der Waals surface area contributed by atoms with E-state index in [-0.39, 0.29) is 5.91 Å². The van der Waals surface area contributed by atoms with Crippen LogP contribution in [0.3, 0.4) is 0 Å². The van der Waals surface area contributed by atoms with E-state index < -0.39 is 6.04 Å². The Morgan fingerprint density at radius 3 is 2.81 bits per heavy atom. The number of carbonyl (C=O) groups is 1. The van der Waals surface area contributed by atoms with Crippen LogP contribution in [0.25, 0.3) is 0 Å². The molecule has 1 amide bonds. The minimum Gasteiger partial charge on any atom is -0.337 e. The summed E-state index contributed by atoms with van der Waals surface area (Å²) in [6.45, 7) is 0. The smallest absolute Gasteiger partial charge is 0.278 e. The molecule has 21 heavy (non-hydrogen) atoms. The lowest BCUT2D eigenvalue weighted by atomic mass is 10.1. The number of amides is 1. The van der Waals surface area contributed by atoms with Gasteiger partial charge < -0.3 is 4.52 Å². The molecule has 0 bridgehead atoms. The first-order chi connectivity index (χ1) is 10.3. The predicted octanol–water partition coefficient (Wildman–Crippen LogP) is 1.93. The number of rotatable bonds is 4. The molecule has 1 saturated carbocycles. The van der Waals surface area contributed by atoms with Crippen LogP contribution in [0.1, 0.15) is 30.2 Å². The largest absolute Gasteiger partial charge is 0.337 e. The number of hydrogen-bond donors (Lipinski definition) is 0. The fourth-order valence-corrected chi connectivity index (χ4v) is 2.38. The summed E-state index contributed by atoms with van der Waals surface area (Å²) < 4.78 is 5.19. The van der Waals surface area contributed by atoms with E-state index in [4.69, 9.17) is 4.52 Å². The number of hydrogen-bond acceptors (Lipinski definition) is 5. The van der Waals surface area contributed by atoms with Gasteiger partial charge in [-0.2, -0.15) is 4.98 Å². The molecule has 0 radical (unpaired) electrons.